The minimum Gasteiger partial charge on any atom is -0.393 e. The smallest absolute Gasteiger partial charge is 0.253 e. The number of imidazole rings is 1. The highest BCUT2D eigenvalue weighted by Gasteiger charge is 2.29. The van der Waals surface area contributed by atoms with Crippen molar-refractivity contribution in [2.24, 2.45) is 0 Å². The first-order chi connectivity index (χ1) is 17.4. The zero-order chi connectivity index (χ0) is 25.2. The summed E-state index contributed by atoms with van der Waals surface area (Å²) in [5.41, 5.74) is 3.67. The molecule has 2 aliphatic rings. The normalized spacial score (nSPS) is 19.5. The monoisotopic (exact) mass is 495 g/mol. The number of aliphatic hydroxyl groups excluding tert-OH is 2. The minimum atomic E-state index is -1.39. The van der Waals surface area contributed by atoms with Crippen LogP contribution in [0.4, 0.5) is 11.6 Å². The maximum Gasteiger partial charge on any atom is 0.253 e. The third-order valence-corrected chi connectivity index (χ3v) is 6.85. The average molecular weight is 496 g/mol. The summed E-state index contributed by atoms with van der Waals surface area (Å²) in [6.07, 6.45) is 4.09. The van der Waals surface area contributed by atoms with E-state index in [1.54, 1.807) is 11.1 Å². The van der Waals surface area contributed by atoms with Gasteiger partial charge in [0.25, 0.3) is 5.91 Å². The van der Waals surface area contributed by atoms with E-state index in [0.29, 0.717) is 37.9 Å². The first-order valence-electron chi connectivity index (χ1n) is 12.4. The fraction of sp³-hybridized carbons (Fsp3) is 0.520. The number of aryl methyl sites for hydroxylation is 1. The summed E-state index contributed by atoms with van der Waals surface area (Å²) in [6.45, 7) is 7.22. The van der Waals surface area contributed by atoms with Crippen LogP contribution in [-0.2, 0) is 9.53 Å². The molecule has 0 bridgehead atoms. The first-order valence-corrected chi connectivity index (χ1v) is 12.4. The first kappa shape index (κ1) is 24.4. The van der Waals surface area contributed by atoms with Gasteiger partial charge >= 0.3 is 0 Å². The van der Waals surface area contributed by atoms with Gasteiger partial charge in [0, 0.05) is 44.0 Å². The number of carbonyl (C=O) groups is 1. The summed E-state index contributed by atoms with van der Waals surface area (Å²) in [5, 5.41) is 22.6. The van der Waals surface area contributed by atoms with E-state index in [9.17, 15) is 15.0 Å². The quantitative estimate of drug-likeness (QED) is 0.459. The third-order valence-electron chi connectivity index (χ3n) is 6.85. The molecule has 3 N–H and O–H groups in total. The van der Waals surface area contributed by atoms with Crippen molar-refractivity contribution in [1.82, 2.24) is 24.3 Å². The van der Waals surface area contributed by atoms with Crippen LogP contribution in [-0.4, -0.2) is 98.5 Å². The van der Waals surface area contributed by atoms with Gasteiger partial charge in [-0.25, -0.2) is 15.0 Å². The zero-order valence-corrected chi connectivity index (χ0v) is 20.7. The summed E-state index contributed by atoms with van der Waals surface area (Å²) in [6, 6.07) is 3.96. The van der Waals surface area contributed by atoms with Crippen LogP contribution in [0.15, 0.2) is 24.5 Å². The predicted octanol–water partition coefficient (Wildman–Crippen LogP) is 1.00. The number of nitrogens with zero attached hydrogens (tertiary/aromatic N) is 6. The number of rotatable bonds is 6. The Morgan fingerprint density at radius 2 is 2.03 bits per heavy atom. The van der Waals surface area contributed by atoms with Gasteiger partial charge in [-0.2, -0.15) is 0 Å². The molecule has 0 saturated carbocycles. The number of fused-ring (bicyclic) bond motifs is 1. The Kier molecular flexibility index (Phi) is 7.04. The number of aliphatic hydroxyl groups is 2. The summed E-state index contributed by atoms with van der Waals surface area (Å²) < 4.78 is 7.56. The van der Waals surface area contributed by atoms with Gasteiger partial charge in [-0.1, -0.05) is 6.07 Å². The Morgan fingerprint density at radius 3 is 2.81 bits per heavy atom. The molecule has 5 rings (SSSR count). The zero-order valence-electron chi connectivity index (χ0n) is 20.7. The molecule has 3 aromatic rings. The molecule has 192 valence electrons. The van der Waals surface area contributed by atoms with Gasteiger partial charge in [0.15, 0.2) is 11.9 Å². The number of nitrogens with one attached hydrogen (secondary N) is 1. The number of hydrogen-bond acceptors (Lipinski definition) is 9. The fourth-order valence-corrected chi connectivity index (χ4v) is 4.87. The van der Waals surface area contributed by atoms with E-state index in [0.717, 1.165) is 54.2 Å². The number of hydrogen-bond donors (Lipinski definition) is 3. The van der Waals surface area contributed by atoms with Crippen molar-refractivity contribution >= 4 is 23.2 Å². The Hall–Kier alpha value is -3.28. The molecule has 0 spiro atoms. The summed E-state index contributed by atoms with van der Waals surface area (Å²) in [5.74, 6) is 1.69. The Balaban J connectivity index is 1.50. The lowest BCUT2D eigenvalue weighted by Gasteiger charge is -2.35. The second-order valence-corrected chi connectivity index (χ2v) is 9.49. The highest BCUT2D eigenvalue weighted by atomic mass is 16.5. The van der Waals surface area contributed by atoms with Gasteiger partial charge in [0.05, 0.1) is 26.0 Å². The number of amides is 1. The number of pyridine rings is 1. The van der Waals surface area contributed by atoms with Crippen molar-refractivity contribution in [2.45, 2.75) is 38.8 Å². The van der Waals surface area contributed by atoms with Crippen LogP contribution in [0.3, 0.4) is 0 Å². The molecule has 2 saturated heterocycles. The van der Waals surface area contributed by atoms with E-state index in [-0.39, 0.29) is 6.04 Å². The van der Waals surface area contributed by atoms with Crippen LogP contribution in [0.1, 0.15) is 24.0 Å². The highest BCUT2D eigenvalue weighted by Crippen LogP contribution is 2.30. The van der Waals surface area contributed by atoms with Crippen LogP contribution in [0.25, 0.3) is 17.2 Å². The van der Waals surface area contributed by atoms with Crippen molar-refractivity contribution in [3.05, 3.63) is 35.7 Å². The molecular formula is C25H33N7O4. The Morgan fingerprint density at radius 1 is 1.22 bits per heavy atom. The van der Waals surface area contributed by atoms with Crippen molar-refractivity contribution < 1.29 is 19.7 Å². The molecule has 1 amide bonds. The summed E-state index contributed by atoms with van der Waals surface area (Å²) in [4.78, 5) is 30.7. The van der Waals surface area contributed by atoms with Gasteiger partial charge in [-0.05, 0) is 38.3 Å². The number of piperidine rings is 1. The Labute approximate surface area is 209 Å². The molecule has 2 aliphatic heterocycles. The maximum absolute atomic E-state index is 12.5. The molecule has 0 aromatic carbocycles. The minimum absolute atomic E-state index is 0.0444. The lowest BCUT2D eigenvalue weighted by molar-refractivity contribution is -0.143. The number of anilines is 2. The number of morpholine rings is 1. The van der Waals surface area contributed by atoms with Gasteiger partial charge in [0.2, 0.25) is 0 Å². The SMILES string of the molecule is Cc1ccc2ncc(-c3nc(NC4CCCN(C(=O)C(O)CO)C4)c(C)c(N4CCOCC4)n3)n2c1. The van der Waals surface area contributed by atoms with Gasteiger partial charge in [0.1, 0.15) is 23.0 Å². The molecule has 2 unspecified atom stereocenters. The van der Waals surface area contributed by atoms with Crippen LogP contribution >= 0.6 is 0 Å². The average Bonchev–Trinajstić information content (AvgIpc) is 3.32. The third kappa shape index (κ3) is 4.86. The van der Waals surface area contributed by atoms with Crippen LogP contribution in [0, 0.1) is 13.8 Å². The maximum atomic E-state index is 12.5. The van der Waals surface area contributed by atoms with Crippen LogP contribution < -0.4 is 10.2 Å². The molecule has 3 aromatic heterocycles. The second-order valence-electron chi connectivity index (χ2n) is 9.49. The van der Waals surface area contributed by atoms with Gasteiger partial charge < -0.3 is 30.1 Å². The number of likely N-dealkylation sites (tertiary alicyclic amines) is 1. The van der Waals surface area contributed by atoms with E-state index >= 15 is 0 Å². The molecule has 5 heterocycles. The standard InChI is InChI=1S/C25H33N7O4/c1-16-5-6-21-26-12-19(32(21)13-16)23-28-22(17(2)24(29-23)30-8-10-36-11-9-30)27-18-4-3-7-31(14-18)25(35)20(34)15-33/h5-6,12-13,18,20,33-34H,3-4,7-11,14-15H2,1-2H3,(H,27,28,29). The number of aromatic nitrogens is 4. The topological polar surface area (TPSA) is 128 Å². The molecule has 2 fully saturated rings. The van der Waals surface area contributed by atoms with Crippen molar-refractivity contribution in [3.8, 4) is 11.5 Å². The summed E-state index contributed by atoms with van der Waals surface area (Å²) >= 11 is 0. The predicted molar refractivity (Wildman–Crippen MR) is 135 cm³/mol. The molecule has 0 aliphatic carbocycles. The van der Waals surface area contributed by atoms with Crippen molar-refractivity contribution in [2.75, 3.05) is 56.2 Å². The molecule has 2 atom stereocenters. The van der Waals surface area contributed by atoms with E-state index in [4.69, 9.17) is 14.7 Å². The highest BCUT2D eigenvalue weighted by molar-refractivity contribution is 5.81. The molecule has 11 heteroatoms. The lowest BCUT2D eigenvalue weighted by atomic mass is 10.0. The number of ether oxygens (including phenoxy) is 1. The Bertz CT molecular complexity index is 1240. The van der Waals surface area contributed by atoms with E-state index in [1.807, 2.05) is 36.6 Å². The molecular weight excluding hydrogens is 462 g/mol. The molecule has 11 nitrogen and oxygen atoms in total. The van der Waals surface area contributed by atoms with Crippen molar-refractivity contribution in [1.29, 1.82) is 0 Å². The second kappa shape index (κ2) is 10.4. The van der Waals surface area contributed by atoms with E-state index < -0.39 is 18.6 Å². The van der Waals surface area contributed by atoms with Crippen LogP contribution in [0.2, 0.25) is 0 Å². The number of carbonyl (C=O) groups excluding carboxylic acids is 1. The van der Waals surface area contributed by atoms with E-state index in [2.05, 4.69) is 15.2 Å². The fourth-order valence-electron chi connectivity index (χ4n) is 4.87. The van der Waals surface area contributed by atoms with Gasteiger partial charge in [-0.15, -0.1) is 0 Å². The van der Waals surface area contributed by atoms with Crippen molar-refractivity contribution in [3.63, 3.8) is 0 Å². The summed E-state index contributed by atoms with van der Waals surface area (Å²) in [7, 11) is 0. The van der Waals surface area contributed by atoms with Crippen LogP contribution in [0.5, 0.6) is 0 Å². The van der Waals surface area contributed by atoms with E-state index in [1.165, 1.54) is 0 Å². The van der Waals surface area contributed by atoms with Gasteiger partial charge in [-0.3, -0.25) is 9.20 Å². The molecule has 36 heavy (non-hydrogen) atoms. The largest absolute Gasteiger partial charge is 0.393 e. The lowest BCUT2D eigenvalue weighted by Crippen LogP contribution is -2.49. The molecule has 0 radical (unpaired) electrons.